The molecule has 0 aliphatic heterocycles. The third kappa shape index (κ3) is 3.04. The van der Waals surface area contributed by atoms with Crippen molar-refractivity contribution >= 4 is 19.7 Å². The topological polar surface area (TPSA) is 3.24 Å². The third-order valence-corrected chi connectivity index (χ3v) is 5.97. The molecule has 1 atom stereocenters. The van der Waals surface area contributed by atoms with Crippen molar-refractivity contribution in [2.45, 2.75) is 19.9 Å². The number of rotatable bonds is 4. The Morgan fingerprint density at radius 2 is 1.80 bits per heavy atom. The van der Waals surface area contributed by atoms with E-state index in [9.17, 15) is 0 Å². The van der Waals surface area contributed by atoms with E-state index in [1.807, 2.05) is 0 Å². The molecule has 2 heteroatoms. The summed E-state index contributed by atoms with van der Waals surface area (Å²) >= 11 is 0. The third-order valence-electron chi connectivity index (χ3n) is 2.80. The highest BCUT2D eigenvalue weighted by molar-refractivity contribution is 6.70. The average Bonchev–Trinajstić information content (AvgIpc) is 2.19. The first-order valence-electron chi connectivity index (χ1n) is 5.48. The number of hydrogen-bond donors (Lipinski definition) is 0. The van der Waals surface area contributed by atoms with Crippen molar-refractivity contribution < 1.29 is 0 Å². The Morgan fingerprint density at radius 3 is 2.13 bits per heavy atom. The zero-order valence-corrected chi connectivity index (χ0v) is 11.4. The molecule has 0 N–H and O–H groups in total. The lowest BCUT2D eigenvalue weighted by Crippen LogP contribution is -2.43. The van der Waals surface area contributed by atoms with Gasteiger partial charge < -0.3 is 4.57 Å². The van der Waals surface area contributed by atoms with Crippen LogP contribution in [-0.2, 0) is 0 Å². The minimum atomic E-state index is -0.893. The van der Waals surface area contributed by atoms with Crippen molar-refractivity contribution in [2.75, 3.05) is 14.1 Å². The molecule has 0 spiro atoms. The summed E-state index contributed by atoms with van der Waals surface area (Å²) < 4.78 is 2.40. The van der Waals surface area contributed by atoms with E-state index in [0.717, 1.165) is 5.57 Å². The van der Waals surface area contributed by atoms with Gasteiger partial charge in [0.1, 0.15) is 8.96 Å². The number of nitrogens with zero attached hydrogens (tertiary/aromatic N) is 1. The Kier molecular flexibility index (Phi) is 4.30. The number of benzene rings is 1. The lowest BCUT2D eigenvalue weighted by atomic mass is 10.1. The van der Waals surface area contributed by atoms with Crippen LogP contribution in [0.5, 0.6) is 0 Å². The highest BCUT2D eigenvalue weighted by Crippen LogP contribution is 2.09. The summed E-state index contributed by atoms with van der Waals surface area (Å²) in [6.45, 7) is 8.29. The van der Waals surface area contributed by atoms with Crippen molar-refractivity contribution in [1.29, 1.82) is 0 Å². The van der Waals surface area contributed by atoms with Gasteiger partial charge in [-0.1, -0.05) is 43.3 Å². The minimum absolute atomic E-state index is 0.893. The smallest absolute Gasteiger partial charge is 0.143 e. The SMILES string of the molecule is C=C(C)c1ccc([SiH](CC)N(C)C)cc1. The van der Waals surface area contributed by atoms with Crippen LogP contribution in [-0.4, -0.2) is 27.6 Å². The van der Waals surface area contributed by atoms with Gasteiger partial charge >= 0.3 is 0 Å². The van der Waals surface area contributed by atoms with Crippen LogP contribution >= 0.6 is 0 Å². The second-order valence-corrected chi connectivity index (χ2v) is 7.84. The molecule has 0 heterocycles. The Bertz CT molecular complexity index is 327. The van der Waals surface area contributed by atoms with E-state index in [4.69, 9.17) is 0 Å². The highest BCUT2D eigenvalue weighted by atomic mass is 28.3. The van der Waals surface area contributed by atoms with Crippen LogP contribution in [0.1, 0.15) is 19.4 Å². The second kappa shape index (κ2) is 5.28. The molecule has 0 saturated carbocycles. The van der Waals surface area contributed by atoms with Crippen molar-refractivity contribution in [2.24, 2.45) is 0 Å². The van der Waals surface area contributed by atoms with Gasteiger partial charge in [0.15, 0.2) is 0 Å². The molecule has 1 aromatic rings. The molecule has 1 aromatic carbocycles. The van der Waals surface area contributed by atoms with Gasteiger partial charge in [0, 0.05) is 0 Å². The molecule has 0 fully saturated rings. The maximum absolute atomic E-state index is 3.96. The van der Waals surface area contributed by atoms with Gasteiger partial charge in [-0.15, -0.1) is 0 Å². The molecular formula is C13H21NSi. The summed E-state index contributed by atoms with van der Waals surface area (Å²) in [7, 11) is 3.48. The fraction of sp³-hybridized carbons (Fsp3) is 0.385. The van der Waals surface area contributed by atoms with E-state index in [-0.39, 0.29) is 0 Å². The van der Waals surface area contributed by atoms with Crippen molar-refractivity contribution in [3.05, 3.63) is 36.4 Å². The summed E-state index contributed by atoms with van der Waals surface area (Å²) in [5.41, 5.74) is 2.39. The van der Waals surface area contributed by atoms with Crippen LogP contribution in [0.2, 0.25) is 6.04 Å². The number of allylic oxidation sites excluding steroid dienone is 1. The molecule has 0 amide bonds. The molecule has 1 nitrogen and oxygen atoms in total. The lowest BCUT2D eigenvalue weighted by molar-refractivity contribution is 0.646. The molecule has 0 aromatic heterocycles. The van der Waals surface area contributed by atoms with Crippen molar-refractivity contribution in [3.63, 3.8) is 0 Å². The molecular weight excluding hydrogens is 198 g/mol. The summed E-state index contributed by atoms with van der Waals surface area (Å²) in [4.78, 5) is 0. The van der Waals surface area contributed by atoms with Gasteiger partial charge in [0.2, 0.25) is 0 Å². The largest absolute Gasteiger partial charge is 0.328 e. The fourth-order valence-electron chi connectivity index (χ4n) is 1.89. The van der Waals surface area contributed by atoms with Crippen LogP contribution < -0.4 is 5.19 Å². The molecule has 1 unspecified atom stereocenters. The summed E-state index contributed by atoms with van der Waals surface area (Å²) in [6.07, 6.45) is 0. The van der Waals surface area contributed by atoms with Gasteiger partial charge in [-0.05, 0) is 37.8 Å². The molecule has 0 aliphatic rings. The van der Waals surface area contributed by atoms with Gasteiger partial charge in [0.25, 0.3) is 0 Å². The average molecular weight is 219 g/mol. The van der Waals surface area contributed by atoms with Crippen molar-refractivity contribution in [3.8, 4) is 0 Å². The van der Waals surface area contributed by atoms with E-state index in [1.165, 1.54) is 16.8 Å². The predicted octanol–water partition coefficient (Wildman–Crippen LogP) is 2.23. The van der Waals surface area contributed by atoms with Crippen molar-refractivity contribution in [1.82, 2.24) is 4.57 Å². The lowest BCUT2D eigenvalue weighted by Gasteiger charge is -2.21. The number of hydrogen-bond acceptors (Lipinski definition) is 1. The first-order valence-corrected chi connectivity index (χ1v) is 7.39. The Labute approximate surface area is 95.1 Å². The first kappa shape index (κ1) is 12.2. The van der Waals surface area contributed by atoms with Crippen LogP contribution in [0, 0.1) is 0 Å². The zero-order chi connectivity index (χ0) is 11.4. The first-order chi connectivity index (χ1) is 7.06. The van der Waals surface area contributed by atoms with E-state index >= 15 is 0 Å². The van der Waals surface area contributed by atoms with E-state index in [2.05, 4.69) is 63.4 Å². The Morgan fingerprint density at radius 1 is 1.27 bits per heavy atom. The van der Waals surface area contributed by atoms with Crippen LogP contribution in [0.25, 0.3) is 5.57 Å². The van der Waals surface area contributed by atoms with Crippen LogP contribution in [0.3, 0.4) is 0 Å². The Balaban J connectivity index is 2.92. The van der Waals surface area contributed by atoms with Gasteiger partial charge in [-0.2, -0.15) is 0 Å². The highest BCUT2D eigenvalue weighted by Gasteiger charge is 2.13. The van der Waals surface area contributed by atoms with E-state index < -0.39 is 8.96 Å². The normalized spacial score (nSPS) is 12.9. The fourth-order valence-corrected chi connectivity index (χ4v) is 4.32. The minimum Gasteiger partial charge on any atom is -0.328 e. The maximum Gasteiger partial charge on any atom is 0.143 e. The molecule has 0 aliphatic carbocycles. The second-order valence-electron chi connectivity index (χ2n) is 4.29. The molecule has 0 bridgehead atoms. The van der Waals surface area contributed by atoms with E-state index in [1.54, 1.807) is 0 Å². The van der Waals surface area contributed by atoms with Crippen LogP contribution in [0.4, 0.5) is 0 Å². The van der Waals surface area contributed by atoms with Gasteiger partial charge in [-0.25, -0.2) is 0 Å². The molecule has 15 heavy (non-hydrogen) atoms. The molecule has 0 radical (unpaired) electrons. The van der Waals surface area contributed by atoms with Gasteiger partial charge in [0.05, 0.1) is 0 Å². The summed E-state index contributed by atoms with van der Waals surface area (Å²) in [6, 6.07) is 10.2. The maximum atomic E-state index is 3.96. The van der Waals surface area contributed by atoms with E-state index in [0.29, 0.717) is 0 Å². The molecule has 1 rings (SSSR count). The van der Waals surface area contributed by atoms with Crippen LogP contribution in [0.15, 0.2) is 30.8 Å². The summed E-state index contributed by atoms with van der Waals surface area (Å²) in [5.74, 6) is 0. The standard InChI is InChI=1S/C13H21NSi/c1-6-15(14(4)5)13-9-7-12(8-10-13)11(2)3/h7-10,15H,2,6H2,1,3-5H3. The predicted molar refractivity (Wildman–Crippen MR) is 72.1 cm³/mol. The monoisotopic (exact) mass is 219 g/mol. The Hall–Kier alpha value is -0.863. The molecule has 0 saturated heterocycles. The van der Waals surface area contributed by atoms with Gasteiger partial charge in [-0.3, -0.25) is 0 Å². The zero-order valence-electron chi connectivity index (χ0n) is 10.2. The molecule has 82 valence electrons. The summed E-state index contributed by atoms with van der Waals surface area (Å²) in [5, 5.41) is 1.52. The quantitative estimate of drug-likeness (QED) is 0.702.